The quantitative estimate of drug-likeness (QED) is 0.471. The maximum absolute atomic E-state index is 9.38. The van der Waals surface area contributed by atoms with Crippen LogP contribution in [0.4, 0.5) is 5.69 Å². The first-order valence-corrected chi connectivity index (χ1v) is 11.8. The molecule has 1 aromatic rings. The van der Waals surface area contributed by atoms with E-state index in [-0.39, 0.29) is 16.4 Å². The van der Waals surface area contributed by atoms with Crippen molar-refractivity contribution >= 4 is 11.8 Å². The van der Waals surface area contributed by atoms with Crippen molar-refractivity contribution in [1.29, 1.82) is 10.5 Å². The number of allylic oxidation sites excluding steroid dienone is 6. The molecule has 4 rings (SSSR count). The van der Waals surface area contributed by atoms with Crippen LogP contribution in [-0.4, -0.2) is 13.1 Å². The van der Waals surface area contributed by atoms with E-state index in [0.29, 0.717) is 17.3 Å². The molecule has 0 unspecified atom stereocenters. The Balaban J connectivity index is 1.76. The third-order valence-electron chi connectivity index (χ3n) is 7.08. The molecular weight excluding hydrogens is 406 g/mol. The van der Waals surface area contributed by atoms with Crippen LogP contribution in [0.15, 0.2) is 53.0 Å². The second kappa shape index (κ2) is 8.27. The van der Waals surface area contributed by atoms with Gasteiger partial charge in [0.15, 0.2) is 0 Å². The molecule has 3 aliphatic rings. The van der Waals surface area contributed by atoms with Crippen molar-refractivity contribution in [2.75, 3.05) is 18.0 Å². The average molecular weight is 440 g/mol. The van der Waals surface area contributed by atoms with Gasteiger partial charge in [0.1, 0.15) is 29.2 Å². The molecule has 0 amide bonds. The molecule has 0 radical (unpaired) electrons. The summed E-state index contributed by atoms with van der Waals surface area (Å²) in [6.07, 6.45) is 9.99. The van der Waals surface area contributed by atoms with E-state index in [9.17, 15) is 10.5 Å². The van der Waals surface area contributed by atoms with E-state index in [1.54, 1.807) is 12.2 Å². The van der Waals surface area contributed by atoms with E-state index in [0.717, 1.165) is 30.8 Å². The van der Waals surface area contributed by atoms with Crippen LogP contribution in [0.25, 0.3) is 6.08 Å². The van der Waals surface area contributed by atoms with Crippen LogP contribution in [0.5, 0.6) is 0 Å². The molecule has 0 aliphatic carbocycles. The molecule has 1 aromatic carbocycles. The number of anilines is 1. The van der Waals surface area contributed by atoms with Crippen LogP contribution < -0.4 is 4.90 Å². The number of benzene rings is 1. The molecule has 0 aromatic heterocycles. The lowest BCUT2D eigenvalue weighted by molar-refractivity contribution is 0.223. The molecule has 0 bridgehead atoms. The fraction of sp³-hybridized carbons (Fsp3) is 0.448. The molecule has 0 fully saturated rings. The van der Waals surface area contributed by atoms with Gasteiger partial charge in [-0.05, 0) is 71.2 Å². The van der Waals surface area contributed by atoms with Crippen LogP contribution in [-0.2, 0) is 10.2 Å². The van der Waals surface area contributed by atoms with Gasteiger partial charge < -0.3 is 9.64 Å². The van der Waals surface area contributed by atoms with Crippen LogP contribution in [0, 0.1) is 28.1 Å². The Hall–Kier alpha value is -3.24. The maximum atomic E-state index is 9.38. The van der Waals surface area contributed by atoms with Crippen LogP contribution in [0.3, 0.4) is 0 Å². The number of hydrogen-bond acceptors (Lipinski definition) is 4. The predicted octanol–water partition coefficient (Wildman–Crippen LogP) is 6.88. The molecule has 170 valence electrons. The Morgan fingerprint density at radius 2 is 1.85 bits per heavy atom. The minimum absolute atomic E-state index is 0.0971. The molecule has 0 spiro atoms. The van der Waals surface area contributed by atoms with Gasteiger partial charge in [-0.1, -0.05) is 47.6 Å². The van der Waals surface area contributed by atoms with Gasteiger partial charge in [0.2, 0.25) is 0 Å². The van der Waals surface area contributed by atoms with Gasteiger partial charge in [-0.3, -0.25) is 0 Å². The fourth-order valence-electron chi connectivity index (χ4n) is 4.86. The molecular formula is C29H33N3O. The Morgan fingerprint density at radius 3 is 2.52 bits per heavy atom. The molecule has 4 heteroatoms. The number of rotatable bonds is 2. The monoisotopic (exact) mass is 439 g/mol. The number of ether oxygens (including phenoxy) is 1. The predicted molar refractivity (Wildman–Crippen MR) is 133 cm³/mol. The second-order valence-corrected chi connectivity index (χ2v) is 11.1. The molecule has 0 N–H and O–H groups in total. The van der Waals surface area contributed by atoms with E-state index in [4.69, 9.17) is 4.74 Å². The van der Waals surface area contributed by atoms with Crippen molar-refractivity contribution < 1.29 is 4.74 Å². The zero-order valence-electron chi connectivity index (χ0n) is 20.6. The highest BCUT2D eigenvalue weighted by Crippen LogP contribution is 2.47. The van der Waals surface area contributed by atoms with E-state index in [2.05, 4.69) is 64.7 Å². The SMILES string of the molecule is C[C@@H]1CCN2CCC(C)(C)c3cc(/C=C/C4=CC(=C(C#N)C#N)C=C(C(C)(C)C)O4)cc1c32. The van der Waals surface area contributed by atoms with E-state index < -0.39 is 0 Å². The fourth-order valence-corrected chi connectivity index (χ4v) is 4.86. The Labute approximate surface area is 198 Å². The van der Waals surface area contributed by atoms with Gasteiger partial charge in [0, 0.05) is 29.8 Å². The molecule has 1 atom stereocenters. The van der Waals surface area contributed by atoms with Crippen molar-refractivity contribution in [3.8, 4) is 12.1 Å². The number of nitrogens with zero attached hydrogens (tertiary/aromatic N) is 3. The van der Waals surface area contributed by atoms with Crippen molar-refractivity contribution in [2.24, 2.45) is 5.41 Å². The summed E-state index contributed by atoms with van der Waals surface area (Å²) < 4.78 is 6.18. The van der Waals surface area contributed by atoms with Crippen molar-refractivity contribution in [3.63, 3.8) is 0 Å². The zero-order valence-corrected chi connectivity index (χ0v) is 20.6. The van der Waals surface area contributed by atoms with Crippen molar-refractivity contribution in [2.45, 2.75) is 65.7 Å². The summed E-state index contributed by atoms with van der Waals surface area (Å²) in [5.74, 6) is 1.93. The second-order valence-electron chi connectivity index (χ2n) is 11.1. The highest BCUT2D eigenvalue weighted by atomic mass is 16.5. The summed E-state index contributed by atoms with van der Waals surface area (Å²) in [5, 5.41) is 18.8. The lowest BCUT2D eigenvalue weighted by Gasteiger charge is -2.45. The minimum Gasteiger partial charge on any atom is -0.461 e. The van der Waals surface area contributed by atoms with Gasteiger partial charge in [-0.15, -0.1) is 0 Å². The summed E-state index contributed by atoms with van der Waals surface area (Å²) in [6.45, 7) is 15.5. The summed E-state index contributed by atoms with van der Waals surface area (Å²) in [6, 6.07) is 8.67. The van der Waals surface area contributed by atoms with Crippen LogP contribution >= 0.6 is 0 Å². The maximum Gasteiger partial charge on any atom is 0.137 e. The topological polar surface area (TPSA) is 60.0 Å². The molecule has 0 saturated carbocycles. The molecule has 33 heavy (non-hydrogen) atoms. The smallest absolute Gasteiger partial charge is 0.137 e. The highest BCUT2D eigenvalue weighted by molar-refractivity contribution is 5.71. The normalized spacial score (nSPS) is 21.4. The van der Waals surface area contributed by atoms with Crippen LogP contribution in [0.2, 0.25) is 0 Å². The average Bonchev–Trinajstić information content (AvgIpc) is 2.76. The highest BCUT2D eigenvalue weighted by Gasteiger charge is 2.36. The third-order valence-corrected chi connectivity index (χ3v) is 7.08. The first-order valence-electron chi connectivity index (χ1n) is 11.8. The summed E-state index contributed by atoms with van der Waals surface area (Å²) in [5.41, 5.74) is 6.09. The third kappa shape index (κ3) is 4.36. The largest absolute Gasteiger partial charge is 0.461 e. The molecule has 3 heterocycles. The molecule has 0 saturated heterocycles. The standard InChI is InChI=1S/C29H33N3O/c1-19-9-11-32-12-10-29(5,6)25-14-20(13-24(19)27(25)32)7-8-23-15-21(22(17-30)18-31)16-26(33-23)28(2,3)4/h7-8,13-16,19H,9-12H2,1-6H3/b8-7+/t19-/m1/s1. The first kappa shape index (κ1) is 22.9. The van der Waals surface area contributed by atoms with Crippen molar-refractivity contribution in [1.82, 2.24) is 0 Å². The van der Waals surface area contributed by atoms with Gasteiger partial charge >= 0.3 is 0 Å². The van der Waals surface area contributed by atoms with Crippen LogP contribution in [0.1, 0.15) is 77.0 Å². The van der Waals surface area contributed by atoms with E-state index >= 15 is 0 Å². The van der Waals surface area contributed by atoms with Crippen molar-refractivity contribution in [3.05, 3.63) is 69.7 Å². The van der Waals surface area contributed by atoms with E-state index in [1.807, 2.05) is 18.2 Å². The Kier molecular flexibility index (Phi) is 5.75. The first-order chi connectivity index (χ1) is 15.5. The number of nitriles is 2. The molecule has 3 aliphatic heterocycles. The van der Waals surface area contributed by atoms with Gasteiger partial charge in [-0.25, -0.2) is 0 Å². The Morgan fingerprint density at radius 1 is 1.12 bits per heavy atom. The lowest BCUT2D eigenvalue weighted by Crippen LogP contribution is -2.41. The summed E-state index contributed by atoms with van der Waals surface area (Å²) >= 11 is 0. The molecule has 4 nitrogen and oxygen atoms in total. The summed E-state index contributed by atoms with van der Waals surface area (Å²) in [4.78, 5) is 2.57. The van der Waals surface area contributed by atoms with Gasteiger partial charge in [-0.2, -0.15) is 10.5 Å². The van der Waals surface area contributed by atoms with Gasteiger partial charge in [0.05, 0.1) is 0 Å². The van der Waals surface area contributed by atoms with Gasteiger partial charge in [0.25, 0.3) is 0 Å². The number of hydrogen-bond donors (Lipinski definition) is 0. The lowest BCUT2D eigenvalue weighted by atomic mass is 9.73. The summed E-state index contributed by atoms with van der Waals surface area (Å²) in [7, 11) is 0. The zero-order chi connectivity index (χ0) is 24.0. The van der Waals surface area contributed by atoms with E-state index in [1.165, 1.54) is 23.2 Å². The minimum atomic E-state index is -0.243. The Bertz CT molecular complexity index is 1170.